The molecule has 0 aliphatic rings. The minimum Gasteiger partial charge on any atom is -1.00 e. The van der Waals surface area contributed by atoms with E-state index in [1.54, 1.807) is 0 Å². The predicted octanol–water partition coefficient (Wildman–Crippen LogP) is -11.4. The molecular weight excluding hydrogens is 412 g/mol. The van der Waals surface area contributed by atoms with Gasteiger partial charge in [0.1, 0.15) is 11.6 Å². The van der Waals surface area contributed by atoms with E-state index in [1.165, 1.54) is 13.8 Å². The van der Waals surface area contributed by atoms with Crippen LogP contribution in [0.25, 0.3) is 0 Å². The monoisotopic (exact) mass is 420 g/mol. The summed E-state index contributed by atoms with van der Waals surface area (Å²) in [5.74, 6) is -0.125. The van der Waals surface area contributed by atoms with Crippen molar-refractivity contribution in [3.63, 3.8) is 0 Å². The molecule has 7 heteroatoms. The van der Waals surface area contributed by atoms with Crippen molar-refractivity contribution in [2.24, 2.45) is 0 Å². The third-order valence-electron chi connectivity index (χ3n) is 0.498. The molecule has 0 saturated heterocycles. The van der Waals surface area contributed by atoms with Gasteiger partial charge in [0.2, 0.25) is 0 Å². The summed E-state index contributed by atoms with van der Waals surface area (Å²) in [6, 6.07) is 0. The van der Waals surface area contributed by atoms with Gasteiger partial charge in [-0.05, 0) is 13.8 Å². The van der Waals surface area contributed by atoms with Crippen LogP contribution in [-0.4, -0.2) is 11.6 Å². The fourth-order valence-electron chi connectivity index (χ4n) is 0.351. The molecule has 0 N–H and O–H groups in total. The second-order valence-electron chi connectivity index (χ2n) is 1.58. The van der Waals surface area contributed by atoms with E-state index in [2.05, 4.69) is 0 Å². The molecule has 0 bridgehead atoms. The van der Waals surface area contributed by atoms with Crippen molar-refractivity contribution >= 4 is 11.6 Å². The van der Waals surface area contributed by atoms with Gasteiger partial charge in [-0.3, -0.25) is 9.59 Å². The molecule has 0 aliphatic carbocycles. The van der Waals surface area contributed by atoms with E-state index < -0.39 is 0 Å². The Labute approximate surface area is 116 Å². The van der Waals surface area contributed by atoms with Gasteiger partial charge in [0.15, 0.2) is 0 Å². The fourth-order valence-corrected chi connectivity index (χ4v) is 0.351. The van der Waals surface area contributed by atoms with Gasteiger partial charge in [0, 0.05) is 0 Å². The van der Waals surface area contributed by atoms with Crippen LogP contribution in [0.1, 0.15) is 20.3 Å². The summed E-state index contributed by atoms with van der Waals surface area (Å²) in [6.45, 7) is 2.81. The first-order chi connectivity index (χ1) is 3.13. The Morgan fingerprint density at radius 1 is 0.833 bits per heavy atom. The minimum atomic E-state index is -0.0625. The molecule has 0 heterocycles. The average molecular weight is 420 g/mol. The van der Waals surface area contributed by atoms with Crippen LogP contribution in [0.4, 0.5) is 0 Å². The van der Waals surface area contributed by atoms with Crippen molar-refractivity contribution in [1.82, 2.24) is 0 Å². The van der Waals surface area contributed by atoms with E-state index in [4.69, 9.17) is 0 Å². The SMILES string of the molecule is CC(=O)CC(C)=O.[Cl-].[Cl-].[Cl-].[Cl-].[Hf+4]. The van der Waals surface area contributed by atoms with Crippen molar-refractivity contribution in [2.45, 2.75) is 20.3 Å². The molecule has 0 amide bonds. The number of hydrogen-bond acceptors (Lipinski definition) is 2. The van der Waals surface area contributed by atoms with Crippen LogP contribution in [0.2, 0.25) is 0 Å². The molecule has 0 aliphatic heterocycles. The zero-order valence-electron chi connectivity index (χ0n) is 6.54. The molecule has 0 radical (unpaired) electrons. The predicted molar refractivity (Wildman–Crippen MR) is 26.0 cm³/mol. The van der Waals surface area contributed by atoms with E-state index in [0.29, 0.717) is 0 Å². The number of halogens is 4. The van der Waals surface area contributed by atoms with Crippen molar-refractivity contribution in [3.8, 4) is 0 Å². The first kappa shape index (κ1) is 37.7. The molecule has 2 nitrogen and oxygen atoms in total. The maximum Gasteiger partial charge on any atom is 4.00 e. The van der Waals surface area contributed by atoms with Crippen LogP contribution in [0.15, 0.2) is 0 Å². The van der Waals surface area contributed by atoms with Crippen LogP contribution in [0, 0.1) is 0 Å². The summed E-state index contributed by atoms with van der Waals surface area (Å²) < 4.78 is 0. The van der Waals surface area contributed by atoms with Crippen LogP contribution >= 0.6 is 0 Å². The number of carbonyl (C=O) groups excluding carboxylic acids is 2. The summed E-state index contributed by atoms with van der Waals surface area (Å²) in [5.41, 5.74) is 0. The standard InChI is InChI=1S/C5H8O2.4ClH.Hf/c1-4(6)3-5(2)7;;;;;/h3H2,1-2H3;4*1H;/q;;;;;+4/p-4. The molecular formula is C5H8Cl4HfO2. The first-order valence-corrected chi connectivity index (χ1v) is 2.12. The van der Waals surface area contributed by atoms with Gasteiger partial charge in [-0.15, -0.1) is 0 Å². The quantitative estimate of drug-likeness (QED) is 0.329. The van der Waals surface area contributed by atoms with Crippen LogP contribution in [0.5, 0.6) is 0 Å². The third-order valence-corrected chi connectivity index (χ3v) is 0.498. The maximum absolute atomic E-state index is 10.0. The molecule has 0 fully saturated rings. The van der Waals surface area contributed by atoms with Crippen molar-refractivity contribution < 1.29 is 85.1 Å². The van der Waals surface area contributed by atoms with Gasteiger partial charge in [-0.1, -0.05) is 0 Å². The summed E-state index contributed by atoms with van der Waals surface area (Å²) in [6.07, 6.45) is 0.0833. The van der Waals surface area contributed by atoms with Crippen LogP contribution < -0.4 is 49.6 Å². The largest absolute Gasteiger partial charge is 4.00 e. The van der Waals surface area contributed by atoms with E-state index in [0.717, 1.165) is 0 Å². The molecule has 0 spiro atoms. The molecule has 0 saturated carbocycles. The van der Waals surface area contributed by atoms with E-state index in [1.807, 2.05) is 0 Å². The molecule has 72 valence electrons. The zero-order valence-corrected chi connectivity index (χ0v) is 13.2. The van der Waals surface area contributed by atoms with Gasteiger partial charge < -0.3 is 49.6 Å². The Hall–Kier alpha value is 1.37. The van der Waals surface area contributed by atoms with Crippen LogP contribution in [0.3, 0.4) is 0 Å². The van der Waals surface area contributed by atoms with E-state index in [9.17, 15) is 9.59 Å². The number of carbonyl (C=O) groups is 2. The Balaban J connectivity index is -0.0000000180. The second kappa shape index (κ2) is 22.8. The smallest absolute Gasteiger partial charge is 1.00 e. The summed E-state index contributed by atoms with van der Waals surface area (Å²) in [5, 5.41) is 0. The second-order valence-corrected chi connectivity index (χ2v) is 1.58. The molecule has 0 unspecified atom stereocenters. The first-order valence-electron chi connectivity index (χ1n) is 2.12. The zero-order chi connectivity index (χ0) is 5.86. The Morgan fingerprint density at radius 3 is 1.00 bits per heavy atom. The maximum atomic E-state index is 10.0. The Bertz CT molecular complexity index is 97.6. The van der Waals surface area contributed by atoms with Crippen molar-refractivity contribution in [2.75, 3.05) is 0 Å². The topological polar surface area (TPSA) is 34.1 Å². The summed E-state index contributed by atoms with van der Waals surface area (Å²) >= 11 is 0. The molecule has 0 atom stereocenters. The average Bonchev–Trinajstić information content (AvgIpc) is 1.27. The minimum absolute atomic E-state index is 0. The normalized spacial score (nSPS) is 4.83. The van der Waals surface area contributed by atoms with Gasteiger partial charge >= 0.3 is 25.8 Å². The van der Waals surface area contributed by atoms with Gasteiger partial charge in [0.05, 0.1) is 6.42 Å². The fraction of sp³-hybridized carbons (Fsp3) is 0.600. The number of hydrogen-bond donors (Lipinski definition) is 0. The van der Waals surface area contributed by atoms with E-state index in [-0.39, 0.29) is 93.5 Å². The van der Waals surface area contributed by atoms with Crippen LogP contribution in [-0.2, 0) is 35.4 Å². The third kappa shape index (κ3) is 42.4. The van der Waals surface area contributed by atoms with Gasteiger partial charge in [-0.2, -0.15) is 0 Å². The van der Waals surface area contributed by atoms with Crippen molar-refractivity contribution in [1.29, 1.82) is 0 Å². The van der Waals surface area contributed by atoms with Crippen molar-refractivity contribution in [3.05, 3.63) is 0 Å². The molecule has 0 rings (SSSR count). The molecule has 0 aromatic heterocycles. The Morgan fingerprint density at radius 2 is 1.00 bits per heavy atom. The summed E-state index contributed by atoms with van der Waals surface area (Å²) in [4.78, 5) is 20.1. The van der Waals surface area contributed by atoms with Gasteiger partial charge in [0.25, 0.3) is 0 Å². The number of ketones is 2. The van der Waals surface area contributed by atoms with Gasteiger partial charge in [-0.25, -0.2) is 0 Å². The molecule has 0 aromatic rings. The molecule has 0 aromatic carbocycles. The number of Topliss-reactive ketones (excluding diaryl/α,β-unsaturated/α-hetero) is 2. The summed E-state index contributed by atoms with van der Waals surface area (Å²) in [7, 11) is 0. The van der Waals surface area contributed by atoms with E-state index >= 15 is 0 Å². The number of rotatable bonds is 2. The Kier molecular flexibility index (Phi) is 71.6. The molecule has 12 heavy (non-hydrogen) atoms.